The van der Waals surface area contributed by atoms with Gasteiger partial charge in [0.1, 0.15) is 17.5 Å². The predicted octanol–water partition coefficient (Wildman–Crippen LogP) is 5.50. The first-order valence-electron chi connectivity index (χ1n) is 12.6. The molecule has 3 aliphatic rings. The van der Waals surface area contributed by atoms with Crippen molar-refractivity contribution in [2.75, 3.05) is 26.2 Å². The minimum absolute atomic E-state index is 0.223. The van der Waals surface area contributed by atoms with Gasteiger partial charge in [0.15, 0.2) is 11.6 Å². The number of ether oxygens (including phenoxy) is 1. The number of rotatable bonds is 6. The molecule has 9 heteroatoms. The van der Waals surface area contributed by atoms with Crippen molar-refractivity contribution >= 4 is 12.1 Å². The minimum Gasteiger partial charge on any atom is -0.440 e. The molecule has 3 fully saturated rings. The maximum atomic E-state index is 14.0. The van der Waals surface area contributed by atoms with Crippen LogP contribution < -0.4 is 5.32 Å². The third kappa shape index (κ3) is 4.81. The summed E-state index contributed by atoms with van der Waals surface area (Å²) in [6.45, 7) is 3.03. The normalized spacial score (nSPS) is 21.9. The van der Waals surface area contributed by atoms with Crippen molar-refractivity contribution in [3.63, 3.8) is 0 Å². The SMILES string of the molecule is O=C(NCCCN1CCC(c2ccc(F)cc2)CC1)N1C(=O)OC2(CCC2)C1c1ccc(F)c(F)c1. The Morgan fingerprint density at radius 2 is 1.69 bits per heavy atom. The van der Waals surface area contributed by atoms with Crippen molar-refractivity contribution in [3.8, 4) is 0 Å². The lowest BCUT2D eigenvalue weighted by Gasteiger charge is -2.41. The van der Waals surface area contributed by atoms with Gasteiger partial charge in [-0.15, -0.1) is 0 Å². The number of likely N-dealkylation sites (tertiary alicyclic amines) is 1. The smallest absolute Gasteiger partial charge is 0.419 e. The molecule has 2 heterocycles. The lowest BCUT2D eigenvalue weighted by atomic mass is 9.72. The van der Waals surface area contributed by atoms with E-state index in [9.17, 15) is 22.8 Å². The fourth-order valence-corrected chi connectivity index (χ4v) is 5.66. The molecule has 0 radical (unpaired) electrons. The maximum Gasteiger partial charge on any atom is 0.419 e. The summed E-state index contributed by atoms with van der Waals surface area (Å²) in [5.41, 5.74) is 0.632. The number of nitrogens with zero attached hydrogens (tertiary/aromatic N) is 2. The van der Waals surface area contributed by atoms with Crippen LogP contribution in [0.1, 0.15) is 61.6 Å². The van der Waals surface area contributed by atoms with E-state index in [1.807, 2.05) is 12.1 Å². The van der Waals surface area contributed by atoms with Gasteiger partial charge in [-0.1, -0.05) is 18.2 Å². The summed E-state index contributed by atoms with van der Waals surface area (Å²) >= 11 is 0. The topological polar surface area (TPSA) is 61.9 Å². The van der Waals surface area contributed by atoms with E-state index < -0.39 is 35.4 Å². The molecule has 0 aromatic heterocycles. The zero-order chi connectivity index (χ0) is 25.3. The third-order valence-electron chi connectivity index (χ3n) is 7.78. The highest BCUT2D eigenvalue weighted by atomic mass is 19.2. The second kappa shape index (κ2) is 10.1. The van der Waals surface area contributed by atoms with Crippen molar-refractivity contribution in [1.29, 1.82) is 0 Å². The Morgan fingerprint density at radius 3 is 2.33 bits per heavy atom. The molecule has 1 N–H and O–H groups in total. The zero-order valence-electron chi connectivity index (χ0n) is 20.0. The molecule has 0 bridgehead atoms. The molecule has 1 aliphatic carbocycles. The lowest BCUT2D eigenvalue weighted by molar-refractivity contribution is -0.0326. The number of nitrogens with one attached hydrogen (secondary N) is 1. The monoisotopic (exact) mass is 501 g/mol. The number of halogens is 3. The van der Waals surface area contributed by atoms with E-state index >= 15 is 0 Å². The van der Waals surface area contributed by atoms with Gasteiger partial charge in [-0.2, -0.15) is 0 Å². The van der Waals surface area contributed by atoms with Crippen LogP contribution in [0.5, 0.6) is 0 Å². The van der Waals surface area contributed by atoms with E-state index in [0.717, 1.165) is 55.9 Å². The van der Waals surface area contributed by atoms with Gasteiger partial charge >= 0.3 is 12.1 Å². The first-order chi connectivity index (χ1) is 17.4. The summed E-state index contributed by atoms with van der Waals surface area (Å²) < 4.78 is 46.2. The Kier molecular flexibility index (Phi) is 6.92. The van der Waals surface area contributed by atoms with Crippen LogP contribution in [0.2, 0.25) is 0 Å². The van der Waals surface area contributed by atoms with Crippen LogP contribution in [0.4, 0.5) is 22.8 Å². The first-order valence-corrected chi connectivity index (χ1v) is 12.6. The fourth-order valence-electron chi connectivity index (χ4n) is 5.66. The van der Waals surface area contributed by atoms with Crippen LogP contribution in [0.3, 0.4) is 0 Å². The van der Waals surface area contributed by atoms with Gasteiger partial charge in [0.2, 0.25) is 0 Å². The molecule has 2 aliphatic heterocycles. The lowest BCUT2D eigenvalue weighted by Crippen LogP contribution is -2.48. The van der Waals surface area contributed by atoms with Gasteiger partial charge in [-0.3, -0.25) is 0 Å². The van der Waals surface area contributed by atoms with E-state index in [4.69, 9.17) is 4.74 Å². The standard InChI is InChI=1S/C27H30F3N3O3/c28-21-6-3-18(4-7-21)19-9-15-32(16-10-19)14-2-13-31-25(34)33-24(20-5-8-22(29)23(30)17-20)27(11-1-12-27)36-26(33)35/h3-8,17,19,24H,1-2,9-16H2,(H,31,34). The van der Waals surface area contributed by atoms with Crippen LogP contribution in [0, 0.1) is 17.5 Å². The van der Waals surface area contributed by atoms with Gasteiger partial charge in [0.05, 0.1) is 0 Å². The first kappa shape index (κ1) is 24.6. The number of amides is 3. The van der Waals surface area contributed by atoms with Gasteiger partial charge in [0.25, 0.3) is 0 Å². The Balaban J connectivity index is 1.13. The largest absolute Gasteiger partial charge is 0.440 e. The number of urea groups is 1. The summed E-state index contributed by atoms with van der Waals surface area (Å²) in [4.78, 5) is 29.0. The Labute approximate surface area is 208 Å². The number of carbonyl (C=O) groups is 2. The van der Waals surface area contributed by atoms with Crippen molar-refractivity contribution in [2.24, 2.45) is 0 Å². The van der Waals surface area contributed by atoms with Crippen LogP contribution >= 0.6 is 0 Å². The van der Waals surface area contributed by atoms with Crippen molar-refractivity contribution in [3.05, 3.63) is 71.0 Å². The second-order valence-corrected chi connectivity index (χ2v) is 9.99. The molecule has 5 rings (SSSR count). The molecule has 1 unspecified atom stereocenters. The average Bonchev–Trinajstić information content (AvgIpc) is 3.18. The predicted molar refractivity (Wildman–Crippen MR) is 127 cm³/mol. The Hall–Kier alpha value is -3.07. The Morgan fingerprint density at radius 1 is 1.00 bits per heavy atom. The van der Waals surface area contributed by atoms with Gasteiger partial charge < -0.3 is 15.0 Å². The molecule has 2 aromatic rings. The average molecular weight is 502 g/mol. The molecule has 36 heavy (non-hydrogen) atoms. The molecular formula is C27H30F3N3O3. The molecule has 2 aromatic carbocycles. The molecule has 1 saturated carbocycles. The van der Waals surface area contributed by atoms with Gasteiger partial charge in [0, 0.05) is 6.54 Å². The summed E-state index contributed by atoms with van der Waals surface area (Å²) in [5.74, 6) is -1.80. The molecule has 1 spiro atoms. The second-order valence-electron chi connectivity index (χ2n) is 9.99. The fraction of sp³-hybridized carbons (Fsp3) is 0.481. The van der Waals surface area contributed by atoms with E-state index in [1.165, 1.54) is 23.8 Å². The molecule has 1 atom stereocenters. The number of benzene rings is 2. The van der Waals surface area contributed by atoms with Gasteiger partial charge in [-0.25, -0.2) is 27.7 Å². The molecule has 6 nitrogen and oxygen atoms in total. The highest BCUT2D eigenvalue weighted by molar-refractivity contribution is 5.93. The van der Waals surface area contributed by atoms with Crippen molar-refractivity contribution in [2.45, 2.75) is 56.1 Å². The number of hydrogen-bond acceptors (Lipinski definition) is 4. The summed E-state index contributed by atoms with van der Waals surface area (Å²) in [6, 6.07) is 8.79. The third-order valence-corrected chi connectivity index (χ3v) is 7.78. The number of piperidine rings is 1. The molecular weight excluding hydrogens is 471 g/mol. The highest BCUT2D eigenvalue weighted by Crippen LogP contribution is 2.52. The van der Waals surface area contributed by atoms with Crippen LogP contribution in [-0.4, -0.2) is 53.7 Å². The zero-order valence-corrected chi connectivity index (χ0v) is 20.0. The quantitative estimate of drug-likeness (QED) is 0.531. The molecule has 2 saturated heterocycles. The summed E-state index contributed by atoms with van der Waals surface area (Å²) in [5, 5.41) is 2.80. The highest BCUT2D eigenvalue weighted by Gasteiger charge is 2.59. The number of imide groups is 1. The minimum atomic E-state index is -1.02. The number of hydrogen-bond donors (Lipinski definition) is 1. The van der Waals surface area contributed by atoms with Crippen LogP contribution in [-0.2, 0) is 4.74 Å². The van der Waals surface area contributed by atoms with Crippen LogP contribution in [0.15, 0.2) is 42.5 Å². The van der Waals surface area contributed by atoms with Crippen LogP contribution in [0.25, 0.3) is 0 Å². The van der Waals surface area contributed by atoms with Crippen molar-refractivity contribution < 1.29 is 27.5 Å². The molecule has 3 amide bonds. The van der Waals surface area contributed by atoms with E-state index in [2.05, 4.69) is 10.2 Å². The van der Waals surface area contributed by atoms with Gasteiger partial charge in [-0.05, 0) is 99.5 Å². The number of carbonyl (C=O) groups excluding carboxylic acids is 2. The van der Waals surface area contributed by atoms with Crippen molar-refractivity contribution in [1.82, 2.24) is 15.1 Å². The summed E-state index contributed by atoms with van der Waals surface area (Å²) in [6.07, 6.45) is 3.91. The van der Waals surface area contributed by atoms with E-state index in [0.29, 0.717) is 37.3 Å². The maximum absolute atomic E-state index is 14.0. The molecule has 192 valence electrons. The summed E-state index contributed by atoms with van der Waals surface area (Å²) in [7, 11) is 0. The Bertz CT molecular complexity index is 1110. The van der Waals surface area contributed by atoms with E-state index in [-0.39, 0.29) is 5.82 Å². The van der Waals surface area contributed by atoms with E-state index in [1.54, 1.807) is 0 Å².